The molecule has 0 radical (unpaired) electrons. The normalized spacial score (nSPS) is 20.1. The average Bonchev–Trinajstić information content (AvgIpc) is 2.42. The van der Waals surface area contributed by atoms with Crippen LogP contribution in [-0.4, -0.2) is 47.0 Å². The van der Waals surface area contributed by atoms with Crippen molar-refractivity contribution in [1.29, 1.82) is 0 Å². The third-order valence-corrected chi connectivity index (χ3v) is 4.79. The SMILES string of the molecule is CC1C(=O)NC(=O)CN1S(=O)(=O)c1ccc([N+](=O)[O-])nc1. The van der Waals surface area contributed by atoms with Gasteiger partial charge in [0.15, 0.2) is 6.20 Å². The number of imide groups is 1. The molecule has 0 saturated carbocycles. The second kappa shape index (κ2) is 5.18. The molecule has 1 atom stereocenters. The number of aromatic nitrogens is 1. The summed E-state index contributed by atoms with van der Waals surface area (Å²) in [6.45, 7) is 0.824. The molecule has 1 aliphatic rings. The second-order valence-corrected chi connectivity index (χ2v) is 6.14. The van der Waals surface area contributed by atoms with Gasteiger partial charge in [-0.15, -0.1) is 0 Å². The van der Waals surface area contributed by atoms with E-state index in [2.05, 4.69) is 4.98 Å². The first kappa shape index (κ1) is 15.0. The molecule has 1 saturated heterocycles. The van der Waals surface area contributed by atoms with Gasteiger partial charge in [0.25, 0.3) is 0 Å². The van der Waals surface area contributed by atoms with Crippen LogP contribution in [0.1, 0.15) is 6.92 Å². The molecule has 11 heteroatoms. The molecule has 0 aliphatic carbocycles. The van der Waals surface area contributed by atoms with Crippen molar-refractivity contribution < 1.29 is 22.9 Å². The lowest BCUT2D eigenvalue weighted by Gasteiger charge is -2.30. The number of sulfonamides is 1. The van der Waals surface area contributed by atoms with Crippen molar-refractivity contribution in [3.05, 3.63) is 28.4 Å². The predicted molar refractivity (Wildman–Crippen MR) is 67.4 cm³/mol. The van der Waals surface area contributed by atoms with Gasteiger partial charge in [-0.25, -0.2) is 8.42 Å². The Morgan fingerprint density at radius 1 is 1.43 bits per heavy atom. The van der Waals surface area contributed by atoms with Crippen molar-refractivity contribution >= 4 is 27.7 Å². The summed E-state index contributed by atoms with van der Waals surface area (Å²) in [4.78, 5) is 35.6. The zero-order chi connectivity index (χ0) is 15.8. The van der Waals surface area contributed by atoms with Gasteiger partial charge in [0.1, 0.15) is 10.9 Å². The second-order valence-electron chi connectivity index (χ2n) is 4.25. The van der Waals surface area contributed by atoms with E-state index >= 15 is 0 Å². The Labute approximate surface area is 119 Å². The number of hydrogen-bond donors (Lipinski definition) is 1. The van der Waals surface area contributed by atoms with Gasteiger partial charge in [-0.3, -0.25) is 14.9 Å². The first-order valence-corrected chi connectivity index (χ1v) is 7.13. The lowest BCUT2D eigenvalue weighted by atomic mass is 10.2. The minimum Gasteiger partial charge on any atom is -0.358 e. The minimum absolute atomic E-state index is 0.331. The van der Waals surface area contributed by atoms with Gasteiger partial charge < -0.3 is 10.1 Å². The molecule has 1 aromatic rings. The van der Waals surface area contributed by atoms with E-state index in [4.69, 9.17) is 0 Å². The number of piperazine rings is 1. The number of nitrogens with one attached hydrogen (secondary N) is 1. The zero-order valence-corrected chi connectivity index (χ0v) is 11.5. The van der Waals surface area contributed by atoms with Gasteiger partial charge in [0.2, 0.25) is 21.8 Å². The molecule has 2 amide bonds. The molecule has 2 rings (SSSR count). The molecule has 112 valence electrons. The Morgan fingerprint density at radius 3 is 2.62 bits per heavy atom. The van der Waals surface area contributed by atoms with Crippen LogP contribution < -0.4 is 5.32 Å². The van der Waals surface area contributed by atoms with Gasteiger partial charge >= 0.3 is 5.82 Å². The van der Waals surface area contributed by atoms with Gasteiger partial charge in [-0.05, 0) is 22.9 Å². The van der Waals surface area contributed by atoms with Crippen LogP contribution in [0.25, 0.3) is 0 Å². The number of amides is 2. The zero-order valence-electron chi connectivity index (χ0n) is 10.7. The number of hydrogen-bond acceptors (Lipinski definition) is 7. The van der Waals surface area contributed by atoms with Crippen molar-refractivity contribution in [3.8, 4) is 0 Å². The Morgan fingerprint density at radius 2 is 2.10 bits per heavy atom. The highest BCUT2D eigenvalue weighted by Crippen LogP contribution is 2.20. The summed E-state index contributed by atoms with van der Waals surface area (Å²) in [6, 6.07) is 0.871. The van der Waals surface area contributed by atoms with Gasteiger partial charge in [0, 0.05) is 6.07 Å². The molecule has 21 heavy (non-hydrogen) atoms. The monoisotopic (exact) mass is 314 g/mol. The fourth-order valence-electron chi connectivity index (χ4n) is 1.75. The number of nitrogens with zero attached hydrogens (tertiary/aromatic N) is 3. The lowest BCUT2D eigenvalue weighted by Crippen LogP contribution is -2.58. The maximum absolute atomic E-state index is 12.4. The number of nitro groups is 1. The van der Waals surface area contributed by atoms with Gasteiger partial charge in [0.05, 0.1) is 6.54 Å². The molecule has 2 heterocycles. The number of pyridine rings is 1. The van der Waals surface area contributed by atoms with Crippen LogP contribution in [0.15, 0.2) is 23.2 Å². The van der Waals surface area contributed by atoms with Crippen LogP contribution in [0, 0.1) is 10.1 Å². The van der Waals surface area contributed by atoms with Gasteiger partial charge in [-0.1, -0.05) is 0 Å². The van der Waals surface area contributed by atoms with Gasteiger partial charge in [-0.2, -0.15) is 4.31 Å². The van der Waals surface area contributed by atoms with E-state index in [1.165, 1.54) is 6.92 Å². The van der Waals surface area contributed by atoms with Crippen LogP contribution in [-0.2, 0) is 19.6 Å². The quantitative estimate of drug-likeness (QED) is 0.430. The predicted octanol–water partition coefficient (Wildman–Crippen LogP) is -0.975. The van der Waals surface area contributed by atoms with E-state index in [-0.39, 0.29) is 4.90 Å². The maximum Gasteiger partial charge on any atom is 0.363 e. The van der Waals surface area contributed by atoms with Crippen molar-refractivity contribution in [2.75, 3.05) is 6.54 Å². The summed E-state index contributed by atoms with van der Waals surface area (Å²) in [5.41, 5.74) is 0. The van der Waals surface area contributed by atoms with E-state index in [9.17, 15) is 28.1 Å². The minimum atomic E-state index is -4.15. The van der Waals surface area contributed by atoms with E-state index in [0.717, 1.165) is 22.6 Å². The molecule has 10 nitrogen and oxygen atoms in total. The molecular formula is C10H10N4O6S. The van der Waals surface area contributed by atoms with E-state index in [0.29, 0.717) is 0 Å². The van der Waals surface area contributed by atoms with Crippen LogP contribution >= 0.6 is 0 Å². The maximum atomic E-state index is 12.4. The highest BCUT2D eigenvalue weighted by atomic mass is 32.2. The Kier molecular flexibility index (Phi) is 3.70. The number of carbonyl (C=O) groups excluding carboxylic acids is 2. The standard InChI is InChI=1S/C10H10N4O6S/c1-6-10(16)12-9(15)5-13(6)21(19,20)7-2-3-8(11-4-7)14(17)18/h2-4,6H,5H2,1H3,(H,12,15,16). The van der Waals surface area contributed by atoms with Crippen LogP contribution in [0.4, 0.5) is 5.82 Å². The topological polar surface area (TPSA) is 140 Å². The summed E-state index contributed by atoms with van der Waals surface area (Å²) >= 11 is 0. The third kappa shape index (κ3) is 2.73. The van der Waals surface area contributed by atoms with Crippen molar-refractivity contribution in [2.45, 2.75) is 17.9 Å². The molecule has 1 N–H and O–H groups in total. The summed E-state index contributed by atoms with van der Waals surface area (Å²) in [6.07, 6.45) is 0.817. The fourth-order valence-corrected chi connectivity index (χ4v) is 3.25. The molecule has 1 aromatic heterocycles. The Bertz CT molecular complexity index is 714. The van der Waals surface area contributed by atoms with Crippen molar-refractivity contribution in [1.82, 2.24) is 14.6 Å². The first-order chi connectivity index (χ1) is 9.73. The Hall–Kier alpha value is -2.40. The summed E-state index contributed by atoms with van der Waals surface area (Å²) in [7, 11) is -4.15. The van der Waals surface area contributed by atoms with E-state index in [1.807, 2.05) is 5.32 Å². The lowest BCUT2D eigenvalue weighted by molar-refractivity contribution is -0.389. The molecule has 0 bridgehead atoms. The molecule has 0 spiro atoms. The van der Waals surface area contributed by atoms with Crippen molar-refractivity contribution in [2.24, 2.45) is 0 Å². The Balaban J connectivity index is 2.39. The number of rotatable bonds is 3. The highest BCUT2D eigenvalue weighted by molar-refractivity contribution is 7.89. The third-order valence-electron chi connectivity index (χ3n) is 2.89. The molecule has 1 fully saturated rings. The van der Waals surface area contributed by atoms with E-state index < -0.39 is 45.2 Å². The highest BCUT2D eigenvalue weighted by Gasteiger charge is 2.39. The van der Waals surface area contributed by atoms with Crippen LogP contribution in [0.2, 0.25) is 0 Å². The van der Waals surface area contributed by atoms with Crippen molar-refractivity contribution in [3.63, 3.8) is 0 Å². The van der Waals surface area contributed by atoms with Crippen LogP contribution in [0.5, 0.6) is 0 Å². The number of carbonyl (C=O) groups is 2. The fraction of sp³-hybridized carbons (Fsp3) is 0.300. The molecule has 0 aromatic carbocycles. The summed E-state index contributed by atoms with van der Waals surface area (Å²) < 4.78 is 25.4. The molecule has 1 unspecified atom stereocenters. The van der Waals surface area contributed by atoms with E-state index in [1.54, 1.807) is 0 Å². The summed E-state index contributed by atoms with van der Waals surface area (Å²) in [5, 5.41) is 12.5. The molecular weight excluding hydrogens is 304 g/mol. The molecule has 1 aliphatic heterocycles. The summed E-state index contributed by atoms with van der Waals surface area (Å²) in [5.74, 6) is -1.98. The average molecular weight is 314 g/mol. The largest absolute Gasteiger partial charge is 0.363 e. The first-order valence-electron chi connectivity index (χ1n) is 5.69. The van der Waals surface area contributed by atoms with Crippen LogP contribution in [0.3, 0.4) is 0 Å². The smallest absolute Gasteiger partial charge is 0.358 e.